The minimum Gasteiger partial charge on any atom is -0.377 e. The quantitative estimate of drug-likeness (QED) is 0.451. The van der Waals surface area contributed by atoms with Crippen LogP contribution in [0, 0.1) is 10.1 Å². The molecule has 1 saturated heterocycles. The van der Waals surface area contributed by atoms with Crippen molar-refractivity contribution in [3.63, 3.8) is 0 Å². The summed E-state index contributed by atoms with van der Waals surface area (Å²) in [4.78, 5) is 23.9. The number of nitro benzene ring substituents is 1. The molecule has 1 aliphatic heterocycles. The van der Waals surface area contributed by atoms with E-state index >= 15 is 0 Å². The van der Waals surface area contributed by atoms with E-state index in [2.05, 4.69) is 38.3 Å². The van der Waals surface area contributed by atoms with Crippen LogP contribution < -0.4 is 10.6 Å². The second-order valence-corrected chi connectivity index (χ2v) is 8.83. The first-order valence-electron chi connectivity index (χ1n) is 9.50. The first-order valence-corrected chi connectivity index (χ1v) is 9.50. The minimum atomic E-state index is -0.429. The summed E-state index contributed by atoms with van der Waals surface area (Å²) < 4.78 is 0. The lowest BCUT2D eigenvalue weighted by molar-refractivity contribution is -0.384. The SMILES string of the molecule is CC1(C)CC(Nc2ccc(C(=O)c3ccccc3)cc2[N+](=O)[O-])CC(C)(C)N1. The lowest BCUT2D eigenvalue weighted by atomic mass is 9.79. The molecular weight excluding hydrogens is 354 g/mol. The average Bonchev–Trinajstić information content (AvgIpc) is 2.59. The Labute approximate surface area is 165 Å². The molecular formula is C22H27N3O3. The molecule has 0 bridgehead atoms. The summed E-state index contributed by atoms with van der Waals surface area (Å²) in [6.45, 7) is 8.55. The van der Waals surface area contributed by atoms with Gasteiger partial charge in [0.2, 0.25) is 0 Å². The molecule has 1 heterocycles. The maximum Gasteiger partial charge on any atom is 0.293 e. The van der Waals surface area contributed by atoms with Crippen molar-refractivity contribution in [2.75, 3.05) is 5.32 Å². The molecule has 0 spiro atoms. The molecule has 2 aromatic rings. The monoisotopic (exact) mass is 381 g/mol. The highest BCUT2D eigenvalue weighted by Gasteiger charge is 2.38. The van der Waals surface area contributed by atoms with Crippen LogP contribution in [0.5, 0.6) is 0 Å². The van der Waals surface area contributed by atoms with Crippen LogP contribution in [-0.2, 0) is 0 Å². The van der Waals surface area contributed by atoms with Crippen LogP contribution in [0.4, 0.5) is 11.4 Å². The first-order chi connectivity index (χ1) is 13.1. The van der Waals surface area contributed by atoms with E-state index in [0.717, 1.165) is 12.8 Å². The summed E-state index contributed by atoms with van der Waals surface area (Å²) in [7, 11) is 0. The second kappa shape index (κ2) is 7.36. The largest absolute Gasteiger partial charge is 0.377 e. The molecule has 0 unspecified atom stereocenters. The van der Waals surface area contributed by atoms with Gasteiger partial charge >= 0.3 is 0 Å². The van der Waals surface area contributed by atoms with Crippen LogP contribution in [0.15, 0.2) is 48.5 Å². The zero-order chi connectivity index (χ0) is 20.5. The van der Waals surface area contributed by atoms with E-state index in [1.54, 1.807) is 36.4 Å². The molecule has 0 radical (unpaired) electrons. The predicted octanol–water partition coefficient (Wildman–Crippen LogP) is 4.55. The summed E-state index contributed by atoms with van der Waals surface area (Å²) >= 11 is 0. The van der Waals surface area contributed by atoms with Crippen molar-refractivity contribution in [1.29, 1.82) is 0 Å². The molecule has 3 rings (SSSR count). The van der Waals surface area contributed by atoms with Gasteiger partial charge in [-0.2, -0.15) is 0 Å². The number of nitrogens with one attached hydrogen (secondary N) is 2. The topological polar surface area (TPSA) is 84.3 Å². The fraction of sp³-hybridized carbons (Fsp3) is 0.409. The molecule has 1 fully saturated rings. The molecule has 2 aromatic carbocycles. The molecule has 0 aliphatic carbocycles. The lowest BCUT2D eigenvalue weighted by Crippen LogP contribution is -2.60. The van der Waals surface area contributed by atoms with Crippen molar-refractivity contribution in [3.8, 4) is 0 Å². The van der Waals surface area contributed by atoms with Gasteiger partial charge in [-0.25, -0.2) is 0 Å². The number of carbonyl (C=O) groups is 1. The summed E-state index contributed by atoms with van der Waals surface area (Å²) in [5, 5.41) is 18.6. The van der Waals surface area contributed by atoms with E-state index in [4.69, 9.17) is 0 Å². The van der Waals surface area contributed by atoms with Crippen molar-refractivity contribution < 1.29 is 9.72 Å². The van der Waals surface area contributed by atoms with Gasteiger partial charge in [-0.05, 0) is 52.7 Å². The fourth-order valence-electron chi connectivity index (χ4n) is 4.35. The smallest absolute Gasteiger partial charge is 0.293 e. The number of hydrogen-bond acceptors (Lipinski definition) is 5. The zero-order valence-corrected chi connectivity index (χ0v) is 16.8. The van der Waals surface area contributed by atoms with Crippen LogP contribution in [0.25, 0.3) is 0 Å². The maximum atomic E-state index is 12.6. The van der Waals surface area contributed by atoms with E-state index in [-0.39, 0.29) is 28.6 Å². The van der Waals surface area contributed by atoms with Gasteiger partial charge in [0.25, 0.3) is 5.69 Å². The maximum absolute atomic E-state index is 12.6. The summed E-state index contributed by atoms with van der Waals surface area (Å²) in [6.07, 6.45) is 1.69. The number of nitrogens with zero attached hydrogens (tertiary/aromatic N) is 1. The molecule has 28 heavy (non-hydrogen) atoms. The van der Waals surface area contributed by atoms with E-state index in [0.29, 0.717) is 16.8 Å². The molecule has 6 heteroatoms. The zero-order valence-electron chi connectivity index (χ0n) is 16.8. The van der Waals surface area contributed by atoms with Crippen LogP contribution in [0.2, 0.25) is 0 Å². The number of hydrogen-bond donors (Lipinski definition) is 2. The normalized spacial score (nSPS) is 18.4. The van der Waals surface area contributed by atoms with Gasteiger partial charge in [0.05, 0.1) is 4.92 Å². The molecule has 0 saturated carbocycles. The first kappa shape index (κ1) is 20.0. The second-order valence-electron chi connectivity index (χ2n) is 8.83. The number of ketones is 1. The van der Waals surface area contributed by atoms with E-state index < -0.39 is 4.92 Å². The average molecular weight is 381 g/mol. The third kappa shape index (κ3) is 4.57. The van der Waals surface area contributed by atoms with Crippen molar-refractivity contribution in [3.05, 3.63) is 69.8 Å². The molecule has 2 N–H and O–H groups in total. The van der Waals surface area contributed by atoms with Crippen LogP contribution in [0.3, 0.4) is 0 Å². The van der Waals surface area contributed by atoms with Gasteiger partial charge < -0.3 is 10.6 Å². The Hall–Kier alpha value is -2.73. The molecule has 6 nitrogen and oxygen atoms in total. The van der Waals surface area contributed by atoms with E-state index in [9.17, 15) is 14.9 Å². The molecule has 0 atom stereocenters. The lowest BCUT2D eigenvalue weighted by Gasteiger charge is -2.46. The highest BCUT2D eigenvalue weighted by atomic mass is 16.6. The van der Waals surface area contributed by atoms with Gasteiger partial charge in [-0.1, -0.05) is 30.3 Å². The Bertz CT molecular complexity index is 875. The van der Waals surface area contributed by atoms with Gasteiger partial charge in [0.15, 0.2) is 5.78 Å². The predicted molar refractivity (Wildman–Crippen MR) is 111 cm³/mol. The van der Waals surface area contributed by atoms with Crippen molar-refractivity contribution >= 4 is 17.2 Å². The number of carbonyl (C=O) groups excluding carboxylic acids is 1. The third-order valence-corrected chi connectivity index (χ3v) is 5.04. The van der Waals surface area contributed by atoms with Crippen LogP contribution in [-0.4, -0.2) is 27.8 Å². The van der Waals surface area contributed by atoms with Gasteiger partial charge in [0, 0.05) is 34.3 Å². The van der Waals surface area contributed by atoms with E-state index in [1.807, 2.05) is 6.07 Å². The summed E-state index contributed by atoms with van der Waals surface area (Å²) in [5.41, 5.74) is 1.06. The third-order valence-electron chi connectivity index (χ3n) is 5.04. The molecule has 0 aromatic heterocycles. The van der Waals surface area contributed by atoms with Gasteiger partial charge in [-0.3, -0.25) is 14.9 Å². The van der Waals surface area contributed by atoms with E-state index in [1.165, 1.54) is 6.07 Å². The number of rotatable bonds is 5. The van der Waals surface area contributed by atoms with Crippen molar-refractivity contribution in [2.24, 2.45) is 0 Å². The Morgan fingerprint density at radius 2 is 1.64 bits per heavy atom. The molecule has 148 valence electrons. The molecule has 1 aliphatic rings. The summed E-state index contributed by atoms with van der Waals surface area (Å²) in [6, 6.07) is 13.6. The number of anilines is 1. The Balaban J connectivity index is 1.88. The Morgan fingerprint density at radius 1 is 1.04 bits per heavy atom. The number of nitro groups is 1. The highest BCUT2D eigenvalue weighted by molar-refractivity contribution is 6.09. The van der Waals surface area contributed by atoms with Crippen molar-refractivity contribution in [2.45, 2.75) is 57.7 Å². The Kier molecular flexibility index (Phi) is 5.26. The van der Waals surface area contributed by atoms with Gasteiger partial charge in [0.1, 0.15) is 5.69 Å². The highest BCUT2D eigenvalue weighted by Crippen LogP contribution is 2.33. The van der Waals surface area contributed by atoms with Crippen LogP contribution in [0.1, 0.15) is 56.5 Å². The minimum absolute atomic E-state index is 0.0720. The van der Waals surface area contributed by atoms with Crippen LogP contribution >= 0.6 is 0 Å². The van der Waals surface area contributed by atoms with Gasteiger partial charge in [-0.15, -0.1) is 0 Å². The Morgan fingerprint density at radius 3 is 2.21 bits per heavy atom. The summed E-state index contributed by atoms with van der Waals surface area (Å²) in [5.74, 6) is -0.223. The standard InChI is InChI=1S/C22H27N3O3/c1-21(2)13-17(14-22(3,4)24-21)23-18-11-10-16(12-19(18)25(27)28)20(26)15-8-6-5-7-9-15/h5-12,17,23-24H,13-14H2,1-4H3. The molecule has 0 amide bonds. The number of benzene rings is 2. The van der Waals surface area contributed by atoms with Crippen molar-refractivity contribution in [1.82, 2.24) is 5.32 Å². The number of piperidine rings is 1. The fourth-order valence-corrected chi connectivity index (χ4v) is 4.35.